The third kappa shape index (κ3) is 2.94. The Bertz CT molecular complexity index is 391. The van der Waals surface area contributed by atoms with Crippen LogP contribution in [0.4, 0.5) is 10.2 Å². The average molecular weight is 238 g/mol. The Morgan fingerprint density at radius 1 is 1.53 bits per heavy atom. The van der Waals surface area contributed by atoms with Crippen LogP contribution in [0.3, 0.4) is 0 Å². The fourth-order valence-corrected chi connectivity index (χ4v) is 1.97. The number of rotatable bonds is 5. The van der Waals surface area contributed by atoms with Crippen molar-refractivity contribution in [3.63, 3.8) is 0 Å². The number of aliphatic hydroxyl groups excluding tert-OH is 1. The minimum absolute atomic E-state index is 0.173. The molecule has 0 aromatic carbocycles. The topological polar surface area (TPSA) is 36.4 Å². The Kier molecular flexibility index (Phi) is 3.62. The first-order chi connectivity index (χ1) is 8.11. The second-order valence-electron chi connectivity index (χ2n) is 4.98. The third-order valence-corrected chi connectivity index (χ3v) is 3.13. The number of anilines is 1. The van der Waals surface area contributed by atoms with E-state index in [9.17, 15) is 9.50 Å². The van der Waals surface area contributed by atoms with Gasteiger partial charge in [-0.05, 0) is 38.7 Å². The first kappa shape index (κ1) is 12.3. The van der Waals surface area contributed by atoms with Gasteiger partial charge < -0.3 is 10.0 Å². The third-order valence-electron chi connectivity index (χ3n) is 3.13. The lowest BCUT2D eigenvalue weighted by molar-refractivity contribution is 0.280. The SMILES string of the molecule is CC(C)N(CC1CC1)c1ncc(F)cc1CO. The molecule has 2 rings (SSSR count). The van der Waals surface area contributed by atoms with Gasteiger partial charge >= 0.3 is 0 Å². The van der Waals surface area contributed by atoms with Crippen molar-refractivity contribution in [1.82, 2.24) is 4.98 Å². The molecule has 0 aliphatic heterocycles. The molecule has 1 heterocycles. The van der Waals surface area contributed by atoms with Gasteiger partial charge in [0, 0.05) is 18.2 Å². The van der Waals surface area contributed by atoms with Gasteiger partial charge in [0.25, 0.3) is 0 Å². The van der Waals surface area contributed by atoms with E-state index < -0.39 is 5.82 Å². The molecule has 0 saturated heterocycles. The van der Waals surface area contributed by atoms with Gasteiger partial charge in [0.2, 0.25) is 0 Å². The lowest BCUT2D eigenvalue weighted by atomic mass is 10.2. The van der Waals surface area contributed by atoms with E-state index in [1.165, 1.54) is 25.1 Å². The summed E-state index contributed by atoms with van der Waals surface area (Å²) >= 11 is 0. The Hall–Kier alpha value is -1.16. The van der Waals surface area contributed by atoms with E-state index in [1.54, 1.807) is 0 Å². The standard InChI is InChI=1S/C13H19FN2O/c1-9(2)16(7-10-3-4-10)13-11(8-17)5-12(14)6-15-13/h5-6,9-10,17H,3-4,7-8H2,1-2H3. The van der Waals surface area contributed by atoms with Crippen LogP contribution >= 0.6 is 0 Å². The van der Waals surface area contributed by atoms with E-state index in [4.69, 9.17) is 0 Å². The predicted molar refractivity (Wildman–Crippen MR) is 65.3 cm³/mol. The van der Waals surface area contributed by atoms with Crippen molar-refractivity contribution in [2.75, 3.05) is 11.4 Å². The van der Waals surface area contributed by atoms with Crippen molar-refractivity contribution in [3.8, 4) is 0 Å². The molecule has 1 saturated carbocycles. The summed E-state index contributed by atoms with van der Waals surface area (Å²) in [5, 5.41) is 9.29. The first-order valence-corrected chi connectivity index (χ1v) is 6.13. The zero-order valence-corrected chi connectivity index (χ0v) is 10.4. The molecule has 3 nitrogen and oxygen atoms in total. The molecule has 1 aliphatic rings. The Morgan fingerprint density at radius 3 is 2.76 bits per heavy atom. The lowest BCUT2D eigenvalue weighted by Gasteiger charge is -2.29. The van der Waals surface area contributed by atoms with E-state index in [0.717, 1.165) is 18.3 Å². The van der Waals surface area contributed by atoms with Crippen molar-refractivity contribution in [1.29, 1.82) is 0 Å². The van der Waals surface area contributed by atoms with E-state index in [-0.39, 0.29) is 6.61 Å². The molecule has 0 atom stereocenters. The van der Waals surface area contributed by atoms with Crippen LogP contribution in [0.25, 0.3) is 0 Å². The van der Waals surface area contributed by atoms with Crippen LogP contribution in [0, 0.1) is 11.7 Å². The van der Waals surface area contributed by atoms with Crippen molar-refractivity contribution >= 4 is 5.82 Å². The van der Waals surface area contributed by atoms with Crippen LogP contribution < -0.4 is 4.90 Å². The van der Waals surface area contributed by atoms with Crippen LogP contribution in [0.5, 0.6) is 0 Å². The molecule has 1 aliphatic carbocycles. The molecular formula is C13H19FN2O. The van der Waals surface area contributed by atoms with Gasteiger partial charge in [0.15, 0.2) is 0 Å². The van der Waals surface area contributed by atoms with Crippen molar-refractivity contribution in [2.24, 2.45) is 5.92 Å². The molecule has 94 valence electrons. The maximum Gasteiger partial charge on any atom is 0.142 e. The average Bonchev–Trinajstić information content (AvgIpc) is 3.09. The summed E-state index contributed by atoms with van der Waals surface area (Å²) in [5.41, 5.74) is 0.569. The summed E-state index contributed by atoms with van der Waals surface area (Å²) in [6.45, 7) is 4.96. The van der Waals surface area contributed by atoms with Gasteiger partial charge in [0.05, 0.1) is 12.8 Å². The smallest absolute Gasteiger partial charge is 0.142 e. The molecule has 17 heavy (non-hydrogen) atoms. The highest BCUT2D eigenvalue weighted by molar-refractivity contribution is 5.47. The predicted octanol–water partition coefficient (Wildman–Crippen LogP) is 2.34. The molecular weight excluding hydrogens is 219 g/mol. The van der Waals surface area contributed by atoms with E-state index in [0.29, 0.717) is 11.6 Å². The number of nitrogens with zero attached hydrogens (tertiary/aromatic N) is 2. The number of aromatic nitrogens is 1. The lowest BCUT2D eigenvalue weighted by Crippen LogP contribution is -2.34. The van der Waals surface area contributed by atoms with Crippen LogP contribution in [0.2, 0.25) is 0 Å². The molecule has 1 aromatic heterocycles. The van der Waals surface area contributed by atoms with Gasteiger partial charge in [-0.1, -0.05) is 0 Å². The summed E-state index contributed by atoms with van der Waals surface area (Å²) in [5.74, 6) is 1.06. The Balaban J connectivity index is 2.26. The maximum absolute atomic E-state index is 13.1. The molecule has 4 heteroatoms. The largest absolute Gasteiger partial charge is 0.392 e. The molecule has 0 bridgehead atoms. The van der Waals surface area contributed by atoms with Gasteiger partial charge in [0.1, 0.15) is 11.6 Å². The highest BCUT2D eigenvalue weighted by atomic mass is 19.1. The van der Waals surface area contributed by atoms with E-state index >= 15 is 0 Å². The van der Waals surface area contributed by atoms with Crippen molar-refractivity contribution in [3.05, 3.63) is 23.6 Å². The van der Waals surface area contributed by atoms with Crippen LogP contribution in [-0.2, 0) is 6.61 Å². The number of halogens is 1. The fourth-order valence-electron chi connectivity index (χ4n) is 1.97. The monoisotopic (exact) mass is 238 g/mol. The van der Waals surface area contributed by atoms with E-state index in [1.807, 2.05) is 0 Å². The molecule has 1 fully saturated rings. The second kappa shape index (κ2) is 5.00. The van der Waals surface area contributed by atoms with Crippen LogP contribution in [-0.4, -0.2) is 22.7 Å². The van der Waals surface area contributed by atoms with Gasteiger partial charge in [-0.2, -0.15) is 0 Å². The van der Waals surface area contributed by atoms with Gasteiger partial charge in [-0.3, -0.25) is 0 Å². The summed E-state index contributed by atoms with van der Waals surface area (Å²) < 4.78 is 13.1. The number of hydrogen-bond donors (Lipinski definition) is 1. The quantitative estimate of drug-likeness (QED) is 0.855. The highest BCUT2D eigenvalue weighted by Crippen LogP contribution is 2.32. The molecule has 1 aromatic rings. The van der Waals surface area contributed by atoms with Crippen LogP contribution in [0.15, 0.2) is 12.3 Å². The highest BCUT2D eigenvalue weighted by Gasteiger charge is 2.27. The summed E-state index contributed by atoms with van der Waals surface area (Å²) in [6.07, 6.45) is 3.74. The van der Waals surface area contributed by atoms with E-state index in [2.05, 4.69) is 23.7 Å². The Labute approximate surface area is 101 Å². The summed E-state index contributed by atoms with van der Waals surface area (Å²) in [6, 6.07) is 1.67. The normalized spacial score (nSPS) is 15.4. The maximum atomic E-state index is 13.1. The molecule has 0 amide bonds. The zero-order valence-electron chi connectivity index (χ0n) is 10.4. The minimum atomic E-state index is -0.395. The number of pyridine rings is 1. The molecule has 0 spiro atoms. The van der Waals surface area contributed by atoms with Gasteiger partial charge in [-0.25, -0.2) is 9.37 Å². The Morgan fingerprint density at radius 2 is 2.24 bits per heavy atom. The molecule has 0 radical (unpaired) electrons. The summed E-state index contributed by atoms with van der Waals surface area (Å²) in [7, 11) is 0. The summed E-state index contributed by atoms with van der Waals surface area (Å²) in [4.78, 5) is 6.30. The number of hydrogen-bond acceptors (Lipinski definition) is 3. The second-order valence-corrected chi connectivity index (χ2v) is 4.98. The van der Waals surface area contributed by atoms with Crippen LogP contribution in [0.1, 0.15) is 32.3 Å². The fraction of sp³-hybridized carbons (Fsp3) is 0.615. The number of aliphatic hydroxyl groups is 1. The zero-order chi connectivity index (χ0) is 12.4. The molecule has 0 unspecified atom stereocenters. The minimum Gasteiger partial charge on any atom is -0.392 e. The van der Waals surface area contributed by atoms with Crippen molar-refractivity contribution in [2.45, 2.75) is 39.3 Å². The molecule has 1 N–H and O–H groups in total. The van der Waals surface area contributed by atoms with Crippen molar-refractivity contribution < 1.29 is 9.50 Å². The first-order valence-electron chi connectivity index (χ1n) is 6.13. The van der Waals surface area contributed by atoms with Gasteiger partial charge in [-0.15, -0.1) is 0 Å².